The number of nitrogens with zero attached hydrogens (tertiary/aromatic N) is 2. The second kappa shape index (κ2) is 6.36. The Hall–Kier alpha value is -2.91. The van der Waals surface area contributed by atoms with Crippen molar-refractivity contribution in [2.24, 2.45) is 5.14 Å². The zero-order chi connectivity index (χ0) is 19.2. The minimum absolute atomic E-state index is 0.111. The highest BCUT2D eigenvalue weighted by molar-refractivity contribution is 7.90. The molecule has 4 rings (SSSR count). The molecule has 0 saturated heterocycles. The van der Waals surface area contributed by atoms with Gasteiger partial charge in [-0.1, -0.05) is 0 Å². The van der Waals surface area contributed by atoms with Crippen LogP contribution in [0.1, 0.15) is 5.56 Å². The van der Waals surface area contributed by atoms with E-state index in [1.54, 1.807) is 19.4 Å². The van der Waals surface area contributed by atoms with Crippen LogP contribution in [0.5, 0.6) is 5.75 Å². The summed E-state index contributed by atoms with van der Waals surface area (Å²) in [7, 11) is -2.38. The smallest absolute Gasteiger partial charge is 0.296 e. The molecule has 0 aliphatic carbocycles. The monoisotopic (exact) mass is 388 g/mol. The summed E-state index contributed by atoms with van der Waals surface area (Å²) in [4.78, 5) is 6.24. The van der Waals surface area contributed by atoms with Crippen molar-refractivity contribution < 1.29 is 17.5 Å². The largest absolute Gasteiger partial charge is 0.497 e. The number of ether oxygens (including phenoxy) is 1. The van der Waals surface area contributed by atoms with Gasteiger partial charge in [-0.3, -0.25) is 9.71 Å². The van der Waals surface area contributed by atoms with Gasteiger partial charge in [0.15, 0.2) is 0 Å². The Morgan fingerprint density at radius 1 is 1.26 bits per heavy atom. The summed E-state index contributed by atoms with van der Waals surface area (Å²) in [6, 6.07) is 10.1. The van der Waals surface area contributed by atoms with Crippen LogP contribution in [-0.2, 0) is 16.6 Å². The first-order chi connectivity index (χ1) is 12.9. The molecule has 140 valence electrons. The fourth-order valence-corrected chi connectivity index (χ4v) is 3.88. The number of benzene rings is 2. The molecule has 0 unspecified atom stereocenters. The van der Waals surface area contributed by atoms with Gasteiger partial charge in [-0.05, 0) is 36.2 Å². The Morgan fingerprint density at radius 2 is 2.07 bits per heavy atom. The number of methoxy groups -OCH3 is 1. The number of aromatic nitrogens is 1. The zero-order valence-electron chi connectivity index (χ0n) is 14.4. The third-order valence-corrected chi connectivity index (χ3v) is 5.02. The molecule has 7 nitrogen and oxygen atoms in total. The molecular weight excluding hydrogens is 371 g/mol. The number of nitrogens with one attached hydrogen (secondary N) is 1. The van der Waals surface area contributed by atoms with Crippen LogP contribution < -0.4 is 19.5 Å². The summed E-state index contributed by atoms with van der Waals surface area (Å²) in [5.74, 6) is 0.175. The molecule has 3 N–H and O–H groups in total. The van der Waals surface area contributed by atoms with Crippen LogP contribution in [0.25, 0.3) is 10.9 Å². The summed E-state index contributed by atoms with van der Waals surface area (Å²) in [5, 5.41) is 5.85. The topological polar surface area (TPSA) is 97.5 Å². The van der Waals surface area contributed by atoms with Gasteiger partial charge >= 0.3 is 0 Å². The van der Waals surface area contributed by atoms with E-state index in [1.165, 1.54) is 0 Å². The molecule has 1 aliphatic heterocycles. The van der Waals surface area contributed by atoms with Crippen molar-refractivity contribution >= 4 is 38.2 Å². The zero-order valence-corrected chi connectivity index (χ0v) is 15.3. The first-order valence-corrected chi connectivity index (χ1v) is 9.73. The summed E-state index contributed by atoms with van der Waals surface area (Å²) < 4.78 is 44.6. The van der Waals surface area contributed by atoms with Gasteiger partial charge in [0.05, 0.1) is 29.7 Å². The van der Waals surface area contributed by atoms with Gasteiger partial charge in [0, 0.05) is 30.3 Å². The number of fused-ring (bicyclic) bond motifs is 2. The first-order valence-electron chi connectivity index (χ1n) is 8.19. The highest BCUT2D eigenvalue weighted by Crippen LogP contribution is 2.41. The second-order valence-corrected chi connectivity index (χ2v) is 7.52. The number of rotatable bonds is 4. The van der Waals surface area contributed by atoms with Crippen LogP contribution >= 0.6 is 0 Å². The van der Waals surface area contributed by atoms with E-state index in [9.17, 15) is 12.8 Å². The lowest BCUT2D eigenvalue weighted by Crippen LogP contribution is -2.22. The molecule has 9 heteroatoms. The van der Waals surface area contributed by atoms with Gasteiger partial charge in [0.1, 0.15) is 11.6 Å². The summed E-state index contributed by atoms with van der Waals surface area (Å²) in [5.41, 5.74) is 2.82. The van der Waals surface area contributed by atoms with E-state index in [0.717, 1.165) is 22.7 Å². The predicted molar refractivity (Wildman–Crippen MR) is 102 cm³/mol. The highest BCUT2D eigenvalue weighted by atomic mass is 32.2. The molecule has 3 aromatic rings. The van der Waals surface area contributed by atoms with Crippen molar-refractivity contribution in [1.82, 2.24) is 4.98 Å². The third-order valence-electron chi connectivity index (χ3n) is 4.49. The van der Waals surface area contributed by atoms with E-state index in [-0.39, 0.29) is 5.69 Å². The number of pyridine rings is 1. The Labute approximate surface area is 155 Å². The summed E-state index contributed by atoms with van der Waals surface area (Å²) in [6.45, 7) is 0.566. The molecule has 0 fully saturated rings. The maximum absolute atomic E-state index is 14.8. The number of anilines is 3. The maximum atomic E-state index is 14.8. The number of nitrogens with two attached hydrogens (primary N) is 1. The molecule has 2 aromatic carbocycles. The van der Waals surface area contributed by atoms with Crippen LogP contribution in [-0.4, -0.2) is 27.1 Å². The molecular formula is C18H17FN4O3S. The lowest BCUT2D eigenvalue weighted by molar-refractivity contribution is 0.415. The minimum atomic E-state index is -3.96. The van der Waals surface area contributed by atoms with Crippen LogP contribution in [0.3, 0.4) is 0 Å². The van der Waals surface area contributed by atoms with Crippen molar-refractivity contribution in [3.05, 3.63) is 54.0 Å². The summed E-state index contributed by atoms with van der Waals surface area (Å²) in [6.07, 6.45) is 2.25. The molecule has 27 heavy (non-hydrogen) atoms. The van der Waals surface area contributed by atoms with E-state index in [2.05, 4.69) is 9.71 Å². The molecule has 0 bridgehead atoms. The molecule has 2 heterocycles. The average molecular weight is 388 g/mol. The molecule has 0 atom stereocenters. The Balaban J connectivity index is 1.80. The van der Waals surface area contributed by atoms with E-state index < -0.39 is 16.0 Å². The van der Waals surface area contributed by atoms with Crippen molar-refractivity contribution in [2.45, 2.75) is 6.42 Å². The first kappa shape index (κ1) is 17.5. The third kappa shape index (κ3) is 3.26. The summed E-state index contributed by atoms with van der Waals surface area (Å²) >= 11 is 0. The molecule has 1 aliphatic rings. The van der Waals surface area contributed by atoms with Crippen LogP contribution in [0.15, 0.2) is 42.6 Å². The SMILES string of the molecule is COc1ccc2c(N3CCc4cc(NS(N)(=O)=O)cc(F)c43)ccnc2c1. The van der Waals surface area contributed by atoms with Crippen molar-refractivity contribution in [1.29, 1.82) is 0 Å². The second-order valence-electron chi connectivity index (χ2n) is 6.23. The number of halogens is 1. The number of hydrogen-bond acceptors (Lipinski definition) is 5. The van der Waals surface area contributed by atoms with Gasteiger partial charge in [-0.15, -0.1) is 0 Å². The predicted octanol–water partition coefficient (Wildman–Crippen LogP) is 2.69. The Kier molecular flexibility index (Phi) is 4.12. The molecule has 1 aromatic heterocycles. The van der Waals surface area contributed by atoms with Crippen LogP contribution in [0.2, 0.25) is 0 Å². The Morgan fingerprint density at radius 3 is 2.81 bits per heavy atom. The van der Waals surface area contributed by atoms with Crippen LogP contribution in [0.4, 0.5) is 21.5 Å². The number of hydrogen-bond donors (Lipinski definition) is 2. The van der Waals surface area contributed by atoms with E-state index >= 15 is 0 Å². The lowest BCUT2D eigenvalue weighted by atomic mass is 10.1. The molecule has 0 saturated carbocycles. The van der Waals surface area contributed by atoms with E-state index in [0.29, 0.717) is 30.0 Å². The maximum Gasteiger partial charge on any atom is 0.296 e. The fourth-order valence-electron chi connectivity index (χ4n) is 3.43. The minimum Gasteiger partial charge on any atom is -0.497 e. The highest BCUT2D eigenvalue weighted by Gasteiger charge is 2.26. The Bertz CT molecular complexity index is 1150. The van der Waals surface area contributed by atoms with Crippen LogP contribution in [0, 0.1) is 5.82 Å². The van der Waals surface area contributed by atoms with Crippen molar-refractivity contribution in [3.8, 4) is 5.75 Å². The standard InChI is InChI=1S/C18H17FN4O3S/c1-26-13-2-3-14-16(10-13)21-6-4-17(14)23-7-5-11-8-12(22-27(20,24)25)9-15(19)18(11)23/h2-4,6,8-10,22H,5,7H2,1H3,(H2,20,24,25). The van der Waals surface area contributed by atoms with Gasteiger partial charge in [-0.25, -0.2) is 9.53 Å². The lowest BCUT2D eigenvalue weighted by Gasteiger charge is -2.22. The van der Waals surface area contributed by atoms with Crippen molar-refractivity contribution in [3.63, 3.8) is 0 Å². The normalized spacial score (nSPS) is 13.7. The fraction of sp³-hybridized carbons (Fsp3) is 0.167. The van der Waals surface area contributed by atoms with Crippen molar-refractivity contribution in [2.75, 3.05) is 23.3 Å². The molecule has 0 radical (unpaired) electrons. The van der Waals surface area contributed by atoms with Gasteiger partial charge in [0.25, 0.3) is 10.2 Å². The van der Waals surface area contributed by atoms with Gasteiger partial charge in [0.2, 0.25) is 0 Å². The molecule has 0 amide bonds. The van der Waals surface area contributed by atoms with E-state index in [1.807, 2.05) is 29.2 Å². The molecule has 0 spiro atoms. The van der Waals surface area contributed by atoms with Gasteiger partial charge in [-0.2, -0.15) is 8.42 Å². The van der Waals surface area contributed by atoms with E-state index in [4.69, 9.17) is 9.88 Å². The average Bonchev–Trinajstić information content (AvgIpc) is 3.03. The van der Waals surface area contributed by atoms with Gasteiger partial charge < -0.3 is 9.64 Å². The quantitative estimate of drug-likeness (QED) is 0.716.